The first kappa shape index (κ1) is 38.7. The zero-order chi connectivity index (χ0) is 31.6. The van der Waals surface area contributed by atoms with E-state index in [1.165, 1.54) is 163 Å². The first-order valence-electron chi connectivity index (χ1n) is 18.0. The maximum atomic E-state index is 6.90. The smallest absolute Gasteiger partial charge is 0.333 e. The Morgan fingerprint density at radius 1 is 0.477 bits per heavy atom. The largest absolute Gasteiger partial charge is 0.458 e. The number of halogens is 4. The number of hydrogen-bond donors (Lipinski definition) is 0. The molecule has 0 unspecified atom stereocenters. The minimum Gasteiger partial charge on any atom is -0.458 e. The van der Waals surface area contributed by atoms with Crippen LogP contribution in [0.4, 0.5) is 0 Å². The summed E-state index contributed by atoms with van der Waals surface area (Å²) in [5, 5.41) is 0. The van der Waals surface area contributed by atoms with Gasteiger partial charge < -0.3 is 4.74 Å². The zero-order valence-corrected chi connectivity index (χ0v) is 33.9. The summed E-state index contributed by atoms with van der Waals surface area (Å²) in [4.78, 5) is 0. The van der Waals surface area contributed by atoms with E-state index in [2.05, 4.69) is 113 Å². The van der Waals surface area contributed by atoms with Gasteiger partial charge in [-0.2, -0.15) is 0 Å². The van der Waals surface area contributed by atoms with Gasteiger partial charge in [0.15, 0.2) is 0 Å². The SMILES string of the molecule is CCCCCCCCCCCCC1(CCCCCCCCCCCC)c2cccc(B(Br)Br)c2Oc2c(B(Br)Br)cccc21. The molecule has 0 saturated carbocycles. The van der Waals surface area contributed by atoms with Crippen LogP contribution in [0.1, 0.15) is 166 Å². The Kier molecular flexibility index (Phi) is 19.4. The molecule has 0 saturated heterocycles. The van der Waals surface area contributed by atoms with Crippen LogP contribution < -0.4 is 15.7 Å². The van der Waals surface area contributed by atoms with Gasteiger partial charge in [-0.15, -0.1) is 63.0 Å². The molecule has 1 aliphatic heterocycles. The van der Waals surface area contributed by atoms with E-state index in [1.807, 2.05) is 0 Å². The van der Waals surface area contributed by atoms with Gasteiger partial charge in [-0.05, 0) is 23.8 Å². The van der Waals surface area contributed by atoms with Crippen molar-refractivity contribution in [2.75, 3.05) is 0 Å². The molecule has 1 nitrogen and oxygen atoms in total. The summed E-state index contributed by atoms with van der Waals surface area (Å²) in [6.07, 6.45) is 29.7. The number of para-hydroxylation sites is 2. The van der Waals surface area contributed by atoms with Crippen molar-refractivity contribution >= 4 is 82.7 Å². The quantitative estimate of drug-likeness (QED) is 0.0755. The molecular weight excluding hydrogens is 802 g/mol. The van der Waals surface area contributed by atoms with Crippen LogP contribution in [0.3, 0.4) is 0 Å². The summed E-state index contributed by atoms with van der Waals surface area (Å²) in [7, 11) is 0. The topological polar surface area (TPSA) is 9.23 Å². The monoisotopic (exact) mass is 854 g/mol. The molecule has 0 atom stereocenters. The Morgan fingerprint density at radius 2 is 0.795 bits per heavy atom. The van der Waals surface area contributed by atoms with Crippen LogP contribution in [0.2, 0.25) is 0 Å². The van der Waals surface area contributed by atoms with Gasteiger partial charge in [0.1, 0.15) is 11.5 Å². The molecule has 244 valence electrons. The molecule has 2 aromatic carbocycles. The number of ether oxygens (including phenoxy) is 1. The molecule has 0 N–H and O–H groups in total. The predicted molar refractivity (Wildman–Crippen MR) is 213 cm³/mol. The average molecular weight is 858 g/mol. The normalized spacial score (nSPS) is 13.3. The van der Waals surface area contributed by atoms with Crippen LogP contribution in [0.15, 0.2) is 36.4 Å². The first-order chi connectivity index (χ1) is 21.5. The van der Waals surface area contributed by atoms with Crippen molar-refractivity contribution in [1.29, 1.82) is 0 Å². The second-order valence-corrected chi connectivity index (χ2v) is 19.2. The Hall–Kier alpha value is 0.290. The van der Waals surface area contributed by atoms with Crippen molar-refractivity contribution in [3.63, 3.8) is 0 Å². The third-order valence-corrected chi connectivity index (χ3v) is 11.7. The highest BCUT2D eigenvalue weighted by Crippen LogP contribution is 2.53. The molecule has 0 amide bonds. The first-order valence-corrected chi connectivity index (χ1v) is 21.6. The summed E-state index contributed by atoms with van der Waals surface area (Å²) >= 11 is 15.3. The molecule has 2 aromatic rings. The van der Waals surface area contributed by atoms with Crippen LogP contribution in [0.5, 0.6) is 11.5 Å². The maximum absolute atomic E-state index is 6.90. The fourth-order valence-electron chi connectivity index (χ4n) is 7.17. The standard InChI is InChI=1S/C37H56B2Br4O/c1-3-5-7-9-11-13-15-17-19-21-29-37(30-22-20-18-16-14-12-10-8-6-4-2)31-25-23-27-33(38(40)41)35(31)44-36-32(37)26-24-28-34(36)39(42)43/h23-28H,3-22,29-30H2,1-2H3. The van der Waals surface area contributed by atoms with Crippen molar-refractivity contribution < 1.29 is 4.74 Å². The molecule has 0 aliphatic carbocycles. The highest BCUT2D eigenvalue weighted by atomic mass is 79.9. The Bertz CT molecular complexity index is 994. The maximum Gasteiger partial charge on any atom is 0.333 e. The number of hydrogen-bond acceptors (Lipinski definition) is 1. The summed E-state index contributed by atoms with van der Waals surface area (Å²) in [6, 6.07) is 13.6. The molecule has 0 bridgehead atoms. The van der Waals surface area contributed by atoms with Crippen LogP contribution in [0.25, 0.3) is 0 Å². The lowest BCUT2D eigenvalue weighted by Gasteiger charge is -2.42. The second kappa shape index (κ2) is 22.0. The molecule has 0 fully saturated rings. The van der Waals surface area contributed by atoms with Gasteiger partial charge in [-0.25, -0.2) is 0 Å². The van der Waals surface area contributed by atoms with Crippen LogP contribution in [-0.4, -0.2) is 8.72 Å². The van der Waals surface area contributed by atoms with Gasteiger partial charge in [-0.3, -0.25) is 0 Å². The third-order valence-electron chi connectivity index (χ3n) is 9.71. The van der Waals surface area contributed by atoms with Gasteiger partial charge in [-0.1, -0.05) is 179 Å². The lowest BCUT2D eigenvalue weighted by Crippen LogP contribution is -2.38. The van der Waals surface area contributed by atoms with Crippen molar-refractivity contribution in [3.8, 4) is 11.5 Å². The van der Waals surface area contributed by atoms with Crippen molar-refractivity contribution in [2.24, 2.45) is 0 Å². The predicted octanol–water partition coefficient (Wildman–Crippen LogP) is 13.7. The van der Waals surface area contributed by atoms with E-state index in [1.54, 1.807) is 0 Å². The molecular formula is C37H56B2Br4O. The zero-order valence-electron chi connectivity index (χ0n) is 27.6. The fraction of sp³-hybridized carbons (Fsp3) is 0.676. The fourth-order valence-corrected chi connectivity index (χ4v) is 8.62. The van der Waals surface area contributed by atoms with E-state index in [0.717, 1.165) is 11.5 Å². The van der Waals surface area contributed by atoms with E-state index in [-0.39, 0.29) is 14.1 Å². The lowest BCUT2D eigenvalue weighted by molar-refractivity contribution is 0.339. The molecule has 7 heteroatoms. The summed E-state index contributed by atoms with van der Waals surface area (Å²) < 4.78 is 7.00. The van der Waals surface area contributed by atoms with Crippen LogP contribution in [-0.2, 0) is 5.41 Å². The second-order valence-electron chi connectivity index (χ2n) is 13.1. The average Bonchev–Trinajstić information content (AvgIpc) is 3.02. The molecule has 1 heterocycles. The van der Waals surface area contributed by atoms with Gasteiger partial charge in [0.25, 0.3) is 0 Å². The molecule has 0 aromatic heterocycles. The van der Waals surface area contributed by atoms with E-state index >= 15 is 0 Å². The lowest BCUT2D eigenvalue weighted by atomic mass is 9.64. The summed E-state index contributed by atoms with van der Waals surface area (Å²) in [5.41, 5.74) is 5.10. The molecule has 0 radical (unpaired) electrons. The highest BCUT2D eigenvalue weighted by molar-refractivity contribution is 9.50. The number of benzene rings is 2. The summed E-state index contributed by atoms with van der Waals surface area (Å²) in [6.45, 7) is 4.60. The minimum absolute atomic E-state index is 0.0287. The number of rotatable bonds is 24. The summed E-state index contributed by atoms with van der Waals surface area (Å²) in [5.74, 6) is 2.09. The minimum atomic E-state index is -0.0287. The van der Waals surface area contributed by atoms with E-state index < -0.39 is 0 Å². The van der Waals surface area contributed by atoms with Gasteiger partial charge in [0, 0.05) is 16.5 Å². The van der Waals surface area contributed by atoms with Gasteiger partial charge in [0.05, 0.1) is 0 Å². The van der Waals surface area contributed by atoms with Crippen molar-refractivity contribution in [3.05, 3.63) is 47.5 Å². The van der Waals surface area contributed by atoms with Gasteiger partial charge in [0.2, 0.25) is 0 Å². The third kappa shape index (κ3) is 11.8. The van der Waals surface area contributed by atoms with Crippen LogP contribution >= 0.6 is 63.0 Å². The molecule has 44 heavy (non-hydrogen) atoms. The highest BCUT2D eigenvalue weighted by Gasteiger charge is 2.43. The Morgan fingerprint density at radius 3 is 1.11 bits per heavy atom. The van der Waals surface area contributed by atoms with Crippen molar-refractivity contribution in [2.45, 2.75) is 161 Å². The molecule has 0 spiro atoms. The molecule has 3 rings (SSSR count). The van der Waals surface area contributed by atoms with Crippen LogP contribution in [0, 0.1) is 0 Å². The van der Waals surface area contributed by atoms with E-state index in [0.29, 0.717) is 0 Å². The van der Waals surface area contributed by atoms with E-state index in [9.17, 15) is 0 Å². The number of fused-ring (bicyclic) bond motifs is 2. The van der Waals surface area contributed by atoms with Gasteiger partial charge >= 0.3 is 8.72 Å². The Labute approximate surface area is 304 Å². The number of unbranched alkanes of at least 4 members (excludes halogenated alkanes) is 18. The molecule has 1 aliphatic rings. The van der Waals surface area contributed by atoms with Crippen molar-refractivity contribution in [1.82, 2.24) is 0 Å². The Balaban J connectivity index is 1.77. The van der Waals surface area contributed by atoms with E-state index in [4.69, 9.17) is 4.74 Å².